The molecule has 0 fully saturated rings. The van der Waals surface area contributed by atoms with E-state index in [0.29, 0.717) is 17.6 Å². The topological polar surface area (TPSA) is 43.1 Å². The number of carbonyl (C=O) groups excluding carboxylic acids is 1. The molecule has 2 nitrogen and oxygen atoms in total. The molecule has 2 N–H and O–H groups in total. The number of rotatable bonds is 2. The molecule has 0 aliphatic rings. The van der Waals surface area contributed by atoms with Crippen LogP contribution in [-0.2, 0) is 11.2 Å². The van der Waals surface area contributed by atoms with Gasteiger partial charge in [-0.05, 0) is 18.6 Å². The SMILES string of the molecule is [B]c1c(C)ccc(N)c1CC=O. The molecule has 3 heteroatoms. The Morgan fingerprint density at radius 2 is 2.25 bits per heavy atom. The molecule has 1 aromatic rings. The van der Waals surface area contributed by atoms with Crippen LogP contribution in [-0.4, -0.2) is 14.1 Å². The summed E-state index contributed by atoms with van der Waals surface area (Å²) in [6, 6.07) is 3.61. The number of nitrogen functional groups attached to an aromatic ring is 1. The zero-order valence-corrected chi connectivity index (χ0v) is 7.00. The van der Waals surface area contributed by atoms with Gasteiger partial charge in [0.2, 0.25) is 0 Å². The van der Waals surface area contributed by atoms with Gasteiger partial charge in [0.25, 0.3) is 0 Å². The zero-order chi connectivity index (χ0) is 9.14. The van der Waals surface area contributed by atoms with Crippen LogP contribution in [0.3, 0.4) is 0 Å². The van der Waals surface area contributed by atoms with Gasteiger partial charge >= 0.3 is 0 Å². The van der Waals surface area contributed by atoms with Crippen LogP contribution in [0.2, 0.25) is 0 Å². The number of anilines is 1. The number of aldehydes is 1. The summed E-state index contributed by atoms with van der Waals surface area (Å²) in [5, 5.41) is 0. The van der Waals surface area contributed by atoms with Gasteiger partial charge in [0.15, 0.2) is 0 Å². The Balaban J connectivity index is 3.22. The number of benzene rings is 1. The average molecular weight is 159 g/mol. The van der Waals surface area contributed by atoms with Gasteiger partial charge in [-0.2, -0.15) is 0 Å². The summed E-state index contributed by atoms with van der Waals surface area (Å²) in [6.07, 6.45) is 1.10. The molecule has 0 aliphatic heterocycles. The van der Waals surface area contributed by atoms with E-state index in [4.69, 9.17) is 13.6 Å². The van der Waals surface area contributed by atoms with E-state index in [1.807, 2.05) is 13.0 Å². The van der Waals surface area contributed by atoms with Gasteiger partial charge in [-0.15, -0.1) is 0 Å². The molecule has 0 spiro atoms. The third-order valence-corrected chi connectivity index (χ3v) is 1.90. The molecule has 2 radical (unpaired) electrons. The monoisotopic (exact) mass is 159 g/mol. The second-order valence-electron chi connectivity index (χ2n) is 2.73. The number of hydrogen-bond acceptors (Lipinski definition) is 2. The number of aryl methyl sites for hydroxylation is 1. The highest BCUT2D eigenvalue weighted by molar-refractivity contribution is 6.35. The van der Waals surface area contributed by atoms with Crippen molar-refractivity contribution < 1.29 is 4.79 Å². The van der Waals surface area contributed by atoms with E-state index in [1.54, 1.807) is 6.07 Å². The Morgan fingerprint density at radius 1 is 1.58 bits per heavy atom. The van der Waals surface area contributed by atoms with E-state index >= 15 is 0 Å². The molecule has 1 aromatic carbocycles. The maximum Gasteiger partial charge on any atom is 0.124 e. The average Bonchev–Trinajstić information content (AvgIpc) is 2.06. The van der Waals surface area contributed by atoms with E-state index in [1.165, 1.54) is 0 Å². The summed E-state index contributed by atoms with van der Waals surface area (Å²) in [5.41, 5.74) is 8.55. The van der Waals surface area contributed by atoms with Crippen molar-refractivity contribution in [1.82, 2.24) is 0 Å². The fourth-order valence-corrected chi connectivity index (χ4v) is 1.11. The van der Waals surface area contributed by atoms with Crippen molar-refractivity contribution in [2.24, 2.45) is 0 Å². The van der Waals surface area contributed by atoms with Crippen LogP contribution in [0.25, 0.3) is 0 Å². The molecule has 12 heavy (non-hydrogen) atoms. The molecule has 1 rings (SSSR count). The third kappa shape index (κ3) is 1.50. The molecule has 0 unspecified atom stereocenters. The lowest BCUT2D eigenvalue weighted by Gasteiger charge is -2.09. The normalized spacial score (nSPS) is 9.75. The Labute approximate surface area is 73.2 Å². The first-order valence-electron chi connectivity index (χ1n) is 3.74. The van der Waals surface area contributed by atoms with E-state index in [2.05, 4.69) is 0 Å². The van der Waals surface area contributed by atoms with Crippen LogP contribution < -0.4 is 11.2 Å². The lowest BCUT2D eigenvalue weighted by atomic mass is 9.84. The summed E-state index contributed by atoms with van der Waals surface area (Å²) in [7, 11) is 5.73. The Morgan fingerprint density at radius 3 is 2.83 bits per heavy atom. The molecular formula is C9H10BNO. The van der Waals surface area contributed by atoms with Crippen LogP contribution >= 0.6 is 0 Å². The van der Waals surface area contributed by atoms with Crippen molar-refractivity contribution in [2.45, 2.75) is 13.3 Å². The molecule has 0 aliphatic carbocycles. The standard InChI is InChI=1S/C9H10BNO/c1-6-2-3-8(11)7(4-5-12)9(6)10/h2-3,5H,4,11H2,1H3. The van der Waals surface area contributed by atoms with Gasteiger partial charge < -0.3 is 10.5 Å². The molecule has 0 heterocycles. The number of carbonyl (C=O) groups is 1. The van der Waals surface area contributed by atoms with Gasteiger partial charge in [-0.3, -0.25) is 0 Å². The maximum absolute atomic E-state index is 10.3. The molecule has 0 atom stereocenters. The van der Waals surface area contributed by atoms with Crippen LogP contribution in [0.1, 0.15) is 11.1 Å². The summed E-state index contributed by atoms with van der Waals surface area (Å²) >= 11 is 0. The van der Waals surface area contributed by atoms with Crippen LogP contribution in [0, 0.1) is 6.92 Å². The molecule has 60 valence electrons. The summed E-state index contributed by atoms with van der Waals surface area (Å²) in [4.78, 5) is 10.3. The van der Waals surface area contributed by atoms with Crippen molar-refractivity contribution in [3.05, 3.63) is 23.3 Å². The fraction of sp³-hybridized carbons (Fsp3) is 0.222. The second kappa shape index (κ2) is 3.43. The Kier molecular flexibility index (Phi) is 2.53. The minimum absolute atomic E-state index is 0.291. The minimum atomic E-state index is 0.291. The molecule has 0 aromatic heterocycles. The zero-order valence-electron chi connectivity index (χ0n) is 7.00. The first-order chi connectivity index (χ1) is 5.66. The Hall–Kier alpha value is -1.25. The molecular weight excluding hydrogens is 149 g/mol. The molecule has 0 bridgehead atoms. The minimum Gasteiger partial charge on any atom is -0.399 e. The first kappa shape index (κ1) is 8.85. The van der Waals surface area contributed by atoms with Crippen LogP contribution in [0.15, 0.2) is 12.1 Å². The fourth-order valence-electron chi connectivity index (χ4n) is 1.11. The lowest BCUT2D eigenvalue weighted by molar-refractivity contribution is -0.107. The van der Waals surface area contributed by atoms with Gasteiger partial charge in [0.1, 0.15) is 14.1 Å². The van der Waals surface area contributed by atoms with Crippen molar-refractivity contribution in [2.75, 3.05) is 5.73 Å². The van der Waals surface area contributed by atoms with Crippen molar-refractivity contribution in [1.29, 1.82) is 0 Å². The van der Waals surface area contributed by atoms with Crippen LogP contribution in [0.4, 0.5) is 5.69 Å². The molecule has 0 amide bonds. The predicted molar refractivity (Wildman–Crippen MR) is 50.7 cm³/mol. The van der Waals surface area contributed by atoms with Gasteiger partial charge in [0.05, 0.1) is 0 Å². The molecule has 0 saturated carbocycles. The van der Waals surface area contributed by atoms with Gasteiger partial charge in [0, 0.05) is 12.1 Å². The van der Waals surface area contributed by atoms with Crippen molar-refractivity contribution in [3.63, 3.8) is 0 Å². The largest absolute Gasteiger partial charge is 0.399 e. The Bertz CT molecular complexity index is 310. The van der Waals surface area contributed by atoms with Crippen molar-refractivity contribution >= 4 is 25.3 Å². The summed E-state index contributed by atoms with van der Waals surface area (Å²) < 4.78 is 0. The predicted octanol–water partition coefficient (Wildman–Crippen LogP) is 0.112. The summed E-state index contributed by atoms with van der Waals surface area (Å²) in [5.74, 6) is 0. The highest BCUT2D eigenvalue weighted by Crippen LogP contribution is 2.10. The highest BCUT2D eigenvalue weighted by Gasteiger charge is 2.03. The van der Waals surface area contributed by atoms with Crippen LogP contribution in [0.5, 0.6) is 0 Å². The summed E-state index contributed by atoms with van der Waals surface area (Å²) in [6.45, 7) is 1.89. The van der Waals surface area contributed by atoms with Gasteiger partial charge in [-0.25, -0.2) is 0 Å². The number of hydrogen-bond donors (Lipinski definition) is 1. The maximum atomic E-state index is 10.3. The van der Waals surface area contributed by atoms with E-state index in [9.17, 15) is 4.79 Å². The smallest absolute Gasteiger partial charge is 0.124 e. The van der Waals surface area contributed by atoms with E-state index < -0.39 is 0 Å². The molecule has 0 saturated heterocycles. The number of nitrogens with two attached hydrogens (primary N) is 1. The van der Waals surface area contributed by atoms with Gasteiger partial charge in [-0.1, -0.05) is 17.1 Å². The van der Waals surface area contributed by atoms with E-state index in [-0.39, 0.29) is 0 Å². The quantitative estimate of drug-likeness (QED) is 0.378. The lowest BCUT2D eigenvalue weighted by Crippen LogP contribution is -2.16. The van der Waals surface area contributed by atoms with Crippen molar-refractivity contribution in [3.8, 4) is 0 Å². The third-order valence-electron chi connectivity index (χ3n) is 1.90. The van der Waals surface area contributed by atoms with E-state index in [0.717, 1.165) is 17.4 Å². The first-order valence-corrected chi connectivity index (χ1v) is 3.74. The highest BCUT2D eigenvalue weighted by atomic mass is 16.1. The second-order valence-corrected chi connectivity index (χ2v) is 2.73.